The molecular weight excluding hydrogens is 194 g/mol. The Bertz CT molecular complexity index is 386. The third-order valence-corrected chi connectivity index (χ3v) is 2.04. The van der Waals surface area contributed by atoms with Gasteiger partial charge < -0.3 is 5.73 Å². The van der Waals surface area contributed by atoms with Gasteiger partial charge in [-0.05, 0) is 24.1 Å². The Hall–Kier alpha value is -1.76. The molecule has 0 heterocycles. The van der Waals surface area contributed by atoms with Crippen molar-refractivity contribution in [1.82, 2.24) is 0 Å². The highest BCUT2D eigenvalue weighted by molar-refractivity contribution is 5.81. The standard InChI is InChI=1S/C13H15N.C2H6/c1-4-6-11(5-2)12-8-7-10(3)9-13(12)14;1-2/h4-9H,1-2,14H2,3H3;1-2H3/b11-6+;. The van der Waals surface area contributed by atoms with Crippen molar-refractivity contribution in [1.29, 1.82) is 0 Å². The van der Waals surface area contributed by atoms with Crippen molar-refractivity contribution in [3.8, 4) is 0 Å². The molecule has 0 spiro atoms. The Balaban J connectivity index is 0.00000106. The van der Waals surface area contributed by atoms with E-state index < -0.39 is 0 Å². The van der Waals surface area contributed by atoms with Crippen LogP contribution in [-0.2, 0) is 0 Å². The van der Waals surface area contributed by atoms with E-state index in [1.165, 1.54) is 0 Å². The third-order valence-electron chi connectivity index (χ3n) is 2.04. The lowest BCUT2D eigenvalue weighted by Crippen LogP contribution is -1.93. The highest BCUT2D eigenvalue weighted by Gasteiger charge is 2.01. The second-order valence-corrected chi connectivity index (χ2v) is 3.15. The molecule has 2 N–H and O–H groups in total. The van der Waals surface area contributed by atoms with Crippen LogP contribution in [0.25, 0.3) is 5.57 Å². The molecule has 1 rings (SSSR count). The number of hydrogen-bond donors (Lipinski definition) is 1. The van der Waals surface area contributed by atoms with Crippen LogP contribution in [0.15, 0.2) is 49.6 Å². The Morgan fingerprint density at radius 3 is 2.31 bits per heavy atom. The van der Waals surface area contributed by atoms with E-state index in [2.05, 4.69) is 13.2 Å². The first kappa shape index (κ1) is 14.2. The first-order chi connectivity index (χ1) is 7.69. The molecule has 0 amide bonds. The van der Waals surface area contributed by atoms with Crippen LogP contribution in [0.3, 0.4) is 0 Å². The maximum atomic E-state index is 5.91. The third kappa shape index (κ3) is 3.77. The molecule has 0 fully saturated rings. The molecule has 0 aliphatic carbocycles. The summed E-state index contributed by atoms with van der Waals surface area (Å²) in [6.45, 7) is 13.4. The summed E-state index contributed by atoms with van der Waals surface area (Å²) in [6.07, 6.45) is 5.41. The molecule has 0 saturated heterocycles. The van der Waals surface area contributed by atoms with Gasteiger partial charge in [0.2, 0.25) is 0 Å². The smallest absolute Gasteiger partial charge is 0.0396 e. The van der Waals surface area contributed by atoms with Gasteiger partial charge in [0.05, 0.1) is 0 Å². The zero-order valence-corrected chi connectivity index (χ0v) is 10.5. The largest absolute Gasteiger partial charge is 0.398 e. The number of hydrogen-bond acceptors (Lipinski definition) is 1. The number of rotatable bonds is 3. The van der Waals surface area contributed by atoms with Gasteiger partial charge in [0.15, 0.2) is 0 Å². The van der Waals surface area contributed by atoms with E-state index in [0.717, 1.165) is 22.4 Å². The van der Waals surface area contributed by atoms with Crippen molar-refractivity contribution in [3.63, 3.8) is 0 Å². The molecule has 1 heteroatoms. The number of benzene rings is 1. The lowest BCUT2D eigenvalue weighted by Gasteiger charge is -2.06. The number of nitrogens with two attached hydrogens (primary N) is 1. The van der Waals surface area contributed by atoms with Crippen molar-refractivity contribution >= 4 is 11.3 Å². The summed E-state index contributed by atoms with van der Waals surface area (Å²) in [5, 5.41) is 0. The highest BCUT2D eigenvalue weighted by atomic mass is 14.6. The maximum Gasteiger partial charge on any atom is 0.0396 e. The zero-order valence-electron chi connectivity index (χ0n) is 10.5. The molecule has 0 aliphatic heterocycles. The Kier molecular flexibility index (Phi) is 6.69. The topological polar surface area (TPSA) is 26.0 Å². The van der Waals surface area contributed by atoms with Gasteiger partial charge in [0, 0.05) is 11.3 Å². The van der Waals surface area contributed by atoms with Crippen LogP contribution in [0, 0.1) is 6.92 Å². The van der Waals surface area contributed by atoms with Crippen molar-refractivity contribution < 1.29 is 0 Å². The average molecular weight is 215 g/mol. The van der Waals surface area contributed by atoms with Gasteiger partial charge in [-0.2, -0.15) is 0 Å². The van der Waals surface area contributed by atoms with E-state index in [4.69, 9.17) is 5.73 Å². The van der Waals surface area contributed by atoms with Crippen LogP contribution >= 0.6 is 0 Å². The normalized spacial score (nSPS) is 10.1. The summed E-state index contributed by atoms with van der Waals surface area (Å²) in [4.78, 5) is 0. The molecule has 0 aliphatic rings. The quantitative estimate of drug-likeness (QED) is 0.588. The number of aryl methyl sites for hydroxylation is 1. The molecule has 1 aromatic rings. The summed E-state index contributed by atoms with van der Waals surface area (Å²) in [5.41, 5.74) is 9.84. The van der Waals surface area contributed by atoms with Crippen molar-refractivity contribution in [2.45, 2.75) is 20.8 Å². The average Bonchev–Trinajstić information content (AvgIpc) is 2.29. The van der Waals surface area contributed by atoms with Gasteiger partial charge in [-0.15, -0.1) is 0 Å². The fourth-order valence-electron chi connectivity index (χ4n) is 1.34. The molecule has 16 heavy (non-hydrogen) atoms. The number of nitrogen functional groups attached to an aromatic ring is 1. The Morgan fingerprint density at radius 2 is 1.88 bits per heavy atom. The van der Waals surface area contributed by atoms with Crippen LogP contribution in [-0.4, -0.2) is 0 Å². The molecule has 0 bridgehead atoms. The van der Waals surface area contributed by atoms with Crippen molar-refractivity contribution in [3.05, 3.63) is 60.7 Å². The van der Waals surface area contributed by atoms with E-state index in [0.29, 0.717) is 0 Å². The van der Waals surface area contributed by atoms with Crippen molar-refractivity contribution in [2.75, 3.05) is 5.73 Å². The molecule has 0 unspecified atom stereocenters. The van der Waals surface area contributed by atoms with Crippen LogP contribution in [0.5, 0.6) is 0 Å². The summed E-state index contributed by atoms with van der Waals surface area (Å²) in [5.74, 6) is 0. The molecule has 0 aromatic heterocycles. The lowest BCUT2D eigenvalue weighted by molar-refractivity contribution is 1.45. The lowest BCUT2D eigenvalue weighted by atomic mass is 10.0. The van der Waals surface area contributed by atoms with Crippen LogP contribution in [0.1, 0.15) is 25.0 Å². The monoisotopic (exact) mass is 215 g/mol. The van der Waals surface area contributed by atoms with Gasteiger partial charge in [-0.25, -0.2) is 0 Å². The van der Waals surface area contributed by atoms with Crippen LogP contribution in [0.4, 0.5) is 5.69 Å². The number of anilines is 1. The van der Waals surface area contributed by atoms with E-state index in [1.54, 1.807) is 12.2 Å². The first-order valence-corrected chi connectivity index (χ1v) is 5.50. The zero-order chi connectivity index (χ0) is 12.6. The Labute approximate surface area is 99.0 Å². The fourth-order valence-corrected chi connectivity index (χ4v) is 1.34. The van der Waals surface area contributed by atoms with Gasteiger partial charge >= 0.3 is 0 Å². The van der Waals surface area contributed by atoms with E-state index >= 15 is 0 Å². The molecule has 86 valence electrons. The predicted molar refractivity (Wildman–Crippen MR) is 75.3 cm³/mol. The first-order valence-electron chi connectivity index (χ1n) is 5.50. The molecule has 0 atom stereocenters. The Morgan fingerprint density at radius 1 is 1.25 bits per heavy atom. The summed E-state index contributed by atoms with van der Waals surface area (Å²) in [7, 11) is 0. The second kappa shape index (κ2) is 7.52. The number of allylic oxidation sites excluding steroid dienone is 4. The summed E-state index contributed by atoms with van der Waals surface area (Å²) >= 11 is 0. The van der Waals surface area contributed by atoms with Crippen LogP contribution < -0.4 is 5.73 Å². The van der Waals surface area contributed by atoms with Gasteiger partial charge in [-0.3, -0.25) is 0 Å². The van der Waals surface area contributed by atoms with E-state index in [9.17, 15) is 0 Å². The SMILES string of the molecule is C=C/C=C(\C=C)c1ccc(C)cc1N.CC. The van der Waals surface area contributed by atoms with E-state index in [1.807, 2.05) is 45.0 Å². The molecule has 1 aromatic carbocycles. The predicted octanol–water partition coefficient (Wildman–Crippen LogP) is 4.36. The molecular formula is C15H21N. The molecule has 1 nitrogen and oxygen atoms in total. The minimum absolute atomic E-state index is 0.776. The van der Waals surface area contributed by atoms with Gasteiger partial charge in [-0.1, -0.05) is 57.4 Å². The van der Waals surface area contributed by atoms with Crippen LogP contribution in [0.2, 0.25) is 0 Å². The van der Waals surface area contributed by atoms with E-state index in [-0.39, 0.29) is 0 Å². The van der Waals surface area contributed by atoms with Crippen molar-refractivity contribution in [2.24, 2.45) is 0 Å². The minimum atomic E-state index is 0.776. The second-order valence-electron chi connectivity index (χ2n) is 3.15. The summed E-state index contributed by atoms with van der Waals surface area (Å²) < 4.78 is 0. The molecule has 0 radical (unpaired) electrons. The fraction of sp³-hybridized carbons (Fsp3) is 0.200. The molecule has 0 saturated carbocycles. The van der Waals surface area contributed by atoms with Gasteiger partial charge in [0.1, 0.15) is 0 Å². The maximum absolute atomic E-state index is 5.91. The highest BCUT2D eigenvalue weighted by Crippen LogP contribution is 2.23. The van der Waals surface area contributed by atoms with Gasteiger partial charge in [0.25, 0.3) is 0 Å². The minimum Gasteiger partial charge on any atom is -0.398 e. The summed E-state index contributed by atoms with van der Waals surface area (Å²) in [6, 6.07) is 5.99.